The number of hydrazine groups is 2. The normalized spacial score (nSPS) is 12.2. The fraction of sp³-hybridized carbons (Fsp3) is 0.600. The van der Waals surface area contributed by atoms with Crippen LogP contribution in [0.5, 0.6) is 11.5 Å². The van der Waals surface area contributed by atoms with E-state index < -0.39 is 11.8 Å². The molecule has 0 aromatic heterocycles. The van der Waals surface area contributed by atoms with Crippen molar-refractivity contribution < 1.29 is 29.4 Å². The average Bonchev–Trinajstić information content (AvgIpc) is 3.12. The van der Waals surface area contributed by atoms with Gasteiger partial charge in [0.15, 0.2) is 0 Å². The Labute approximate surface area is 299 Å². The fourth-order valence-electron chi connectivity index (χ4n) is 6.10. The Morgan fingerprint density at radius 2 is 0.900 bits per heavy atom. The summed E-state index contributed by atoms with van der Waals surface area (Å²) in [6.07, 6.45) is 16.8. The van der Waals surface area contributed by atoms with Crippen LogP contribution in [-0.4, -0.2) is 33.8 Å². The number of carbonyl (C=O) groups is 4. The summed E-state index contributed by atoms with van der Waals surface area (Å²) >= 11 is 0. The highest BCUT2D eigenvalue weighted by Gasteiger charge is 2.21. The molecule has 0 aliphatic carbocycles. The molecule has 4 amide bonds. The van der Waals surface area contributed by atoms with Crippen LogP contribution in [-0.2, 0) is 22.4 Å². The predicted molar refractivity (Wildman–Crippen MR) is 198 cm³/mol. The zero-order chi connectivity index (χ0) is 36.7. The molecule has 2 unspecified atom stereocenters. The Bertz CT molecular complexity index is 1250. The lowest BCUT2D eigenvalue weighted by Crippen LogP contribution is -2.44. The van der Waals surface area contributed by atoms with Crippen molar-refractivity contribution in [3.8, 4) is 11.5 Å². The molecule has 0 spiro atoms. The number of aryl methyl sites for hydroxylation is 2. The van der Waals surface area contributed by atoms with Crippen molar-refractivity contribution in [1.29, 1.82) is 0 Å². The van der Waals surface area contributed by atoms with Gasteiger partial charge in [0.05, 0.1) is 11.1 Å². The summed E-state index contributed by atoms with van der Waals surface area (Å²) in [5, 5.41) is 20.5. The second kappa shape index (κ2) is 24.1. The topological polar surface area (TPSA) is 157 Å². The van der Waals surface area contributed by atoms with E-state index in [4.69, 9.17) is 0 Å². The van der Waals surface area contributed by atoms with Crippen LogP contribution >= 0.6 is 0 Å². The molecule has 2 rings (SSSR count). The molecule has 50 heavy (non-hydrogen) atoms. The minimum absolute atomic E-state index is 0.128. The number of nitrogens with one attached hydrogen (secondary N) is 4. The van der Waals surface area contributed by atoms with Gasteiger partial charge in [0.25, 0.3) is 11.8 Å². The van der Waals surface area contributed by atoms with Gasteiger partial charge in [-0.3, -0.25) is 40.9 Å². The van der Waals surface area contributed by atoms with Gasteiger partial charge in [-0.05, 0) is 86.8 Å². The molecule has 2 aromatic carbocycles. The molecule has 0 bridgehead atoms. The van der Waals surface area contributed by atoms with Crippen LogP contribution in [0.15, 0.2) is 36.4 Å². The highest BCUT2D eigenvalue weighted by molar-refractivity contribution is 5.98. The van der Waals surface area contributed by atoms with Gasteiger partial charge >= 0.3 is 0 Å². The number of aromatic hydroxyl groups is 2. The number of unbranched alkanes of at least 4 members (excludes halogenated alkanes) is 9. The summed E-state index contributed by atoms with van der Waals surface area (Å²) in [6, 6.07) is 10.0. The number of phenolic OH excluding ortho intramolecular Hbond substituents is 2. The van der Waals surface area contributed by atoms with Crippen molar-refractivity contribution in [2.45, 2.75) is 143 Å². The Kier molecular flexibility index (Phi) is 20.3. The van der Waals surface area contributed by atoms with Crippen LogP contribution in [0.25, 0.3) is 0 Å². The van der Waals surface area contributed by atoms with E-state index in [2.05, 4.69) is 35.6 Å². The largest absolute Gasteiger partial charge is 0.507 e. The SMILES string of the molecule is CCCCCCCc1ccc(O)c(C(=O)NNC(=O)C(CC)CCCCC(CC)C(=O)NNC(=O)c2cc(CCCCCCC)ccc2O)c1. The van der Waals surface area contributed by atoms with Gasteiger partial charge < -0.3 is 10.2 Å². The van der Waals surface area contributed by atoms with Crippen molar-refractivity contribution in [2.75, 3.05) is 0 Å². The maximum Gasteiger partial charge on any atom is 0.273 e. The lowest BCUT2D eigenvalue weighted by Gasteiger charge is -2.18. The minimum Gasteiger partial charge on any atom is -0.507 e. The third-order valence-corrected chi connectivity index (χ3v) is 9.43. The van der Waals surface area contributed by atoms with Crippen LogP contribution in [0.3, 0.4) is 0 Å². The van der Waals surface area contributed by atoms with Crippen LogP contribution in [0.1, 0.15) is 162 Å². The number of rotatable bonds is 23. The van der Waals surface area contributed by atoms with Gasteiger partial charge in [0, 0.05) is 11.8 Å². The Morgan fingerprint density at radius 1 is 0.520 bits per heavy atom. The fourth-order valence-corrected chi connectivity index (χ4v) is 6.10. The van der Waals surface area contributed by atoms with E-state index in [0.717, 1.165) is 49.7 Å². The first kappa shape index (κ1) is 42.1. The smallest absolute Gasteiger partial charge is 0.273 e. The summed E-state index contributed by atoms with van der Waals surface area (Å²) in [7, 11) is 0. The predicted octanol–water partition coefficient (Wildman–Crippen LogP) is 7.96. The summed E-state index contributed by atoms with van der Waals surface area (Å²) in [6.45, 7) is 8.17. The maximum atomic E-state index is 12.9. The summed E-state index contributed by atoms with van der Waals surface area (Å²) in [5.41, 5.74) is 12.1. The molecule has 10 nitrogen and oxygen atoms in total. The molecule has 2 atom stereocenters. The second-order valence-corrected chi connectivity index (χ2v) is 13.4. The number of benzene rings is 2. The summed E-state index contributed by atoms with van der Waals surface area (Å²) < 4.78 is 0. The van der Waals surface area contributed by atoms with Gasteiger partial charge in [-0.2, -0.15) is 0 Å². The monoisotopic (exact) mass is 694 g/mol. The van der Waals surface area contributed by atoms with Crippen LogP contribution in [0.4, 0.5) is 0 Å². The average molecular weight is 695 g/mol. The van der Waals surface area contributed by atoms with E-state index in [1.807, 2.05) is 26.0 Å². The first-order chi connectivity index (χ1) is 24.1. The molecule has 0 radical (unpaired) electrons. The third kappa shape index (κ3) is 15.2. The van der Waals surface area contributed by atoms with E-state index in [9.17, 15) is 29.4 Å². The van der Waals surface area contributed by atoms with Crippen LogP contribution < -0.4 is 21.7 Å². The van der Waals surface area contributed by atoms with Crippen LogP contribution in [0.2, 0.25) is 0 Å². The summed E-state index contributed by atoms with van der Waals surface area (Å²) in [5.74, 6) is -2.66. The number of phenols is 2. The van der Waals surface area contributed by atoms with Gasteiger partial charge in [0.2, 0.25) is 11.8 Å². The number of amides is 4. The zero-order valence-electron chi connectivity index (χ0n) is 30.9. The van der Waals surface area contributed by atoms with E-state index in [0.29, 0.717) is 38.5 Å². The second-order valence-electron chi connectivity index (χ2n) is 13.4. The molecular formula is C40H62N4O6. The minimum atomic E-state index is -0.567. The van der Waals surface area contributed by atoms with E-state index >= 15 is 0 Å². The summed E-state index contributed by atoms with van der Waals surface area (Å²) in [4.78, 5) is 51.3. The first-order valence-electron chi connectivity index (χ1n) is 19.0. The molecule has 0 heterocycles. The molecule has 0 fully saturated rings. The molecule has 0 aliphatic rings. The molecule has 0 saturated heterocycles. The Hall–Kier alpha value is -4.08. The zero-order valence-corrected chi connectivity index (χ0v) is 30.9. The third-order valence-electron chi connectivity index (χ3n) is 9.43. The van der Waals surface area contributed by atoms with Crippen molar-refractivity contribution >= 4 is 23.6 Å². The quantitative estimate of drug-likeness (QED) is 0.0512. The highest BCUT2D eigenvalue weighted by atomic mass is 16.3. The molecular weight excluding hydrogens is 632 g/mol. The highest BCUT2D eigenvalue weighted by Crippen LogP contribution is 2.22. The van der Waals surface area contributed by atoms with Crippen molar-refractivity contribution in [1.82, 2.24) is 21.7 Å². The first-order valence-corrected chi connectivity index (χ1v) is 19.0. The Balaban J connectivity index is 1.77. The van der Waals surface area contributed by atoms with Gasteiger partial charge in [-0.1, -0.05) is 104 Å². The van der Waals surface area contributed by atoms with Crippen molar-refractivity contribution in [3.05, 3.63) is 58.7 Å². The molecule has 0 saturated carbocycles. The molecule has 6 N–H and O–H groups in total. The van der Waals surface area contributed by atoms with E-state index in [-0.39, 0.29) is 46.3 Å². The number of carbonyl (C=O) groups excluding carboxylic acids is 4. The van der Waals surface area contributed by atoms with E-state index in [1.54, 1.807) is 12.1 Å². The van der Waals surface area contributed by atoms with E-state index in [1.165, 1.54) is 50.7 Å². The van der Waals surface area contributed by atoms with Crippen molar-refractivity contribution in [3.63, 3.8) is 0 Å². The number of hydrogen-bond donors (Lipinski definition) is 6. The Morgan fingerprint density at radius 3 is 1.26 bits per heavy atom. The lowest BCUT2D eigenvalue weighted by molar-refractivity contribution is -0.127. The molecule has 278 valence electrons. The van der Waals surface area contributed by atoms with Gasteiger partial charge in [-0.25, -0.2) is 0 Å². The van der Waals surface area contributed by atoms with Gasteiger partial charge in [-0.15, -0.1) is 0 Å². The maximum absolute atomic E-state index is 12.9. The molecule has 2 aromatic rings. The van der Waals surface area contributed by atoms with Crippen LogP contribution in [0, 0.1) is 11.8 Å². The lowest BCUT2D eigenvalue weighted by atomic mass is 9.94. The van der Waals surface area contributed by atoms with Crippen molar-refractivity contribution in [2.24, 2.45) is 11.8 Å². The molecule has 0 aliphatic heterocycles. The van der Waals surface area contributed by atoms with Gasteiger partial charge in [0.1, 0.15) is 11.5 Å². The standard InChI is InChI=1S/C40H62N4O6/c1-5-9-11-13-15-19-29-23-25-35(45)33(27-29)39(49)43-41-37(47)31(7-3)21-17-18-22-32(8-4)38(48)42-44-40(50)34-28-30(24-26-36(34)46)20-16-14-12-10-6-2/h23-28,31-32,45-46H,5-22H2,1-4H3,(H,41,47)(H,42,48)(H,43,49)(H,44,50). The molecule has 10 heteroatoms. The number of hydrogen-bond acceptors (Lipinski definition) is 6.